The summed E-state index contributed by atoms with van der Waals surface area (Å²) >= 11 is 0. The number of nitrogens with zero attached hydrogens (tertiary/aromatic N) is 2. The molecule has 0 bridgehead atoms. The van der Waals surface area contributed by atoms with Gasteiger partial charge in [-0.2, -0.15) is 0 Å². The van der Waals surface area contributed by atoms with Crippen molar-refractivity contribution in [1.82, 2.24) is 14.5 Å². The number of nitrogens with one attached hydrogen (secondary N) is 1. The van der Waals surface area contributed by atoms with Crippen molar-refractivity contribution < 1.29 is 22.3 Å². The molecule has 0 radical (unpaired) electrons. The molecular formula is C21H26FN3O4S. The van der Waals surface area contributed by atoms with E-state index in [1.165, 1.54) is 24.3 Å². The van der Waals surface area contributed by atoms with Gasteiger partial charge in [0.15, 0.2) is 11.5 Å². The minimum atomic E-state index is -3.75. The first-order chi connectivity index (χ1) is 14.4. The molecule has 0 aromatic heterocycles. The quantitative estimate of drug-likeness (QED) is 0.747. The molecule has 0 aliphatic carbocycles. The maximum Gasteiger partial charge on any atom is 0.240 e. The molecule has 162 valence electrons. The van der Waals surface area contributed by atoms with Gasteiger partial charge in [0.1, 0.15) is 19.0 Å². The number of piperazine rings is 1. The second-order valence-corrected chi connectivity index (χ2v) is 9.33. The Kier molecular flexibility index (Phi) is 6.24. The van der Waals surface area contributed by atoms with Gasteiger partial charge >= 0.3 is 0 Å². The molecule has 1 atom stereocenters. The van der Waals surface area contributed by atoms with Crippen LogP contribution in [0.15, 0.2) is 47.4 Å². The van der Waals surface area contributed by atoms with Crippen LogP contribution in [0.2, 0.25) is 0 Å². The SMILES string of the molecule is CN1CCN([C@@H](CNS(=O)(=O)c2ccc3c(c2)OCCO3)c2ccc(F)cc2)CC1. The van der Waals surface area contributed by atoms with Crippen molar-refractivity contribution in [2.75, 3.05) is 53.0 Å². The standard InChI is InChI=1S/C21H26FN3O4S/c1-24-8-10-25(11-9-24)19(16-2-4-17(22)5-3-16)15-23-30(26,27)18-6-7-20-21(14-18)29-13-12-28-20/h2-7,14,19,23H,8-13,15H2,1H3/t19-/m0/s1. The fraction of sp³-hybridized carbons (Fsp3) is 0.429. The summed E-state index contributed by atoms with van der Waals surface area (Å²) in [5, 5.41) is 0. The number of hydrogen-bond acceptors (Lipinski definition) is 6. The Morgan fingerprint density at radius 2 is 1.67 bits per heavy atom. The van der Waals surface area contributed by atoms with Crippen LogP contribution in [0.3, 0.4) is 0 Å². The molecule has 1 saturated heterocycles. The zero-order valence-electron chi connectivity index (χ0n) is 16.9. The molecule has 2 aliphatic heterocycles. The lowest BCUT2D eigenvalue weighted by Crippen LogP contribution is -2.48. The van der Waals surface area contributed by atoms with E-state index in [1.807, 2.05) is 0 Å². The number of rotatable bonds is 6. The number of fused-ring (bicyclic) bond motifs is 1. The number of benzene rings is 2. The Balaban J connectivity index is 1.53. The molecule has 2 aliphatic rings. The van der Waals surface area contributed by atoms with E-state index < -0.39 is 10.0 Å². The molecule has 1 N–H and O–H groups in total. The molecular weight excluding hydrogens is 409 g/mol. The lowest BCUT2D eigenvalue weighted by molar-refractivity contribution is 0.113. The van der Waals surface area contributed by atoms with E-state index in [1.54, 1.807) is 18.2 Å². The Bertz CT molecular complexity index is 976. The van der Waals surface area contributed by atoms with Crippen molar-refractivity contribution in [3.63, 3.8) is 0 Å². The van der Waals surface area contributed by atoms with Crippen LogP contribution in [0.5, 0.6) is 11.5 Å². The van der Waals surface area contributed by atoms with Crippen molar-refractivity contribution in [3.8, 4) is 11.5 Å². The second-order valence-electron chi connectivity index (χ2n) is 7.56. The highest BCUT2D eigenvalue weighted by atomic mass is 32.2. The zero-order chi connectivity index (χ0) is 21.1. The average Bonchev–Trinajstić information content (AvgIpc) is 2.76. The van der Waals surface area contributed by atoms with Crippen molar-refractivity contribution in [3.05, 3.63) is 53.8 Å². The number of likely N-dealkylation sites (N-methyl/N-ethyl adjacent to an activating group) is 1. The maximum absolute atomic E-state index is 13.4. The van der Waals surface area contributed by atoms with Gasteiger partial charge in [-0.15, -0.1) is 0 Å². The van der Waals surface area contributed by atoms with Gasteiger partial charge in [-0.25, -0.2) is 17.5 Å². The van der Waals surface area contributed by atoms with Crippen molar-refractivity contribution in [2.24, 2.45) is 0 Å². The normalized spacial score (nSPS) is 18.9. The van der Waals surface area contributed by atoms with Crippen LogP contribution >= 0.6 is 0 Å². The van der Waals surface area contributed by atoms with Crippen molar-refractivity contribution in [1.29, 1.82) is 0 Å². The van der Waals surface area contributed by atoms with E-state index in [9.17, 15) is 12.8 Å². The van der Waals surface area contributed by atoms with Crippen molar-refractivity contribution >= 4 is 10.0 Å². The van der Waals surface area contributed by atoms with E-state index in [0.29, 0.717) is 24.7 Å². The first kappa shape index (κ1) is 21.0. The molecule has 0 saturated carbocycles. The number of halogens is 1. The number of hydrogen-bond donors (Lipinski definition) is 1. The highest BCUT2D eigenvalue weighted by Crippen LogP contribution is 2.32. The average molecular weight is 436 g/mol. The molecule has 4 rings (SSSR count). The summed E-state index contributed by atoms with van der Waals surface area (Å²) in [6.45, 7) is 4.43. The summed E-state index contributed by atoms with van der Waals surface area (Å²) in [6, 6.07) is 10.7. The fourth-order valence-corrected chi connectivity index (χ4v) is 4.79. The van der Waals surface area contributed by atoms with Gasteiger partial charge in [-0.3, -0.25) is 4.90 Å². The highest BCUT2D eigenvalue weighted by Gasteiger charge is 2.27. The predicted molar refractivity (Wildman–Crippen MR) is 111 cm³/mol. The molecule has 30 heavy (non-hydrogen) atoms. The second kappa shape index (κ2) is 8.89. The summed E-state index contributed by atoms with van der Waals surface area (Å²) < 4.78 is 53.0. The van der Waals surface area contributed by atoms with Crippen LogP contribution in [-0.2, 0) is 10.0 Å². The largest absolute Gasteiger partial charge is 0.486 e. The molecule has 2 aromatic carbocycles. The third-order valence-corrected chi connectivity index (χ3v) is 6.95. The molecule has 2 aromatic rings. The molecule has 7 nitrogen and oxygen atoms in total. The van der Waals surface area contributed by atoms with Gasteiger partial charge in [0.2, 0.25) is 10.0 Å². The van der Waals surface area contributed by atoms with Gasteiger partial charge in [-0.05, 0) is 36.9 Å². The molecule has 0 spiro atoms. The Morgan fingerprint density at radius 1 is 1.00 bits per heavy atom. The number of sulfonamides is 1. The molecule has 2 heterocycles. The molecule has 0 amide bonds. The Hall–Kier alpha value is -2.20. The minimum Gasteiger partial charge on any atom is -0.486 e. The van der Waals surface area contributed by atoms with Gasteiger partial charge in [0, 0.05) is 44.8 Å². The highest BCUT2D eigenvalue weighted by molar-refractivity contribution is 7.89. The summed E-state index contributed by atoms with van der Waals surface area (Å²) in [7, 11) is -1.69. The van der Waals surface area contributed by atoms with Gasteiger partial charge in [-0.1, -0.05) is 12.1 Å². The Morgan fingerprint density at radius 3 is 2.37 bits per heavy atom. The third kappa shape index (κ3) is 4.75. The monoisotopic (exact) mass is 435 g/mol. The van der Waals surface area contributed by atoms with E-state index in [0.717, 1.165) is 31.7 Å². The van der Waals surface area contributed by atoms with E-state index in [4.69, 9.17) is 9.47 Å². The Labute approximate surface area is 176 Å². The first-order valence-corrected chi connectivity index (χ1v) is 11.5. The van der Waals surface area contributed by atoms with Crippen LogP contribution in [0.25, 0.3) is 0 Å². The zero-order valence-corrected chi connectivity index (χ0v) is 17.7. The van der Waals surface area contributed by atoms with Crippen LogP contribution in [0.4, 0.5) is 4.39 Å². The van der Waals surface area contributed by atoms with E-state index in [2.05, 4.69) is 21.6 Å². The first-order valence-electron chi connectivity index (χ1n) is 10.00. The summed E-state index contributed by atoms with van der Waals surface area (Å²) in [6.07, 6.45) is 0. The predicted octanol–water partition coefficient (Wildman–Crippen LogP) is 1.86. The summed E-state index contributed by atoms with van der Waals surface area (Å²) in [5.41, 5.74) is 0.880. The van der Waals surface area contributed by atoms with Crippen LogP contribution in [0.1, 0.15) is 11.6 Å². The van der Waals surface area contributed by atoms with Crippen LogP contribution in [0, 0.1) is 5.82 Å². The third-order valence-electron chi connectivity index (χ3n) is 5.52. The van der Waals surface area contributed by atoms with E-state index >= 15 is 0 Å². The van der Waals surface area contributed by atoms with Gasteiger partial charge < -0.3 is 14.4 Å². The van der Waals surface area contributed by atoms with Gasteiger partial charge in [0.05, 0.1) is 4.90 Å². The maximum atomic E-state index is 13.4. The summed E-state index contributed by atoms with van der Waals surface area (Å²) in [4.78, 5) is 4.60. The fourth-order valence-electron chi connectivity index (χ4n) is 3.74. The smallest absolute Gasteiger partial charge is 0.240 e. The van der Waals surface area contributed by atoms with Crippen LogP contribution < -0.4 is 14.2 Å². The lowest BCUT2D eigenvalue weighted by Gasteiger charge is -2.38. The van der Waals surface area contributed by atoms with Crippen molar-refractivity contribution in [2.45, 2.75) is 10.9 Å². The molecule has 1 fully saturated rings. The number of ether oxygens (including phenoxy) is 2. The lowest BCUT2D eigenvalue weighted by atomic mass is 10.0. The summed E-state index contributed by atoms with van der Waals surface area (Å²) in [5.74, 6) is 0.660. The van der Waals surface area contributed by atoms with Crippen LogP contribution in [-0.4, -0.2) is 71.2 Å². The molecule has 9 heteroatoms. The minimum absolute atomic E-state index is 0.128. The van der Waals surface area contributed by atoms with E-state index in [-0.39, 0.29) is 23.3 Å². The molecule has 0 unspecified atom stereocenters. The topological polar surface area (TPSA) is 71.1 Å². The van der Waals surface area contributed by atoms with Gasteiger partial charge in [0.25, 0.3) is 0 Å².